The molecule has 4 bridgehead atoms. The first-order valence-corrected chi connectivity index (χ1v) is 11.1. The minimum Gasteiger partial charge on any atom is -0.463 e. The summed E-state index contributed by atoms with van der Waals surface area (Å²) in [5.41, 5.74) is 0.219. The van der Waals surface area contributed by atoms with Crippen LogP contribution in [0.2, 0.25) is 0 Å². The van der Waals surface area contributed by atoms with E-state index in [0.29, 0.717) is 13.2 Å². The second kappa shape index (κ2) is 9.75. The number of esters is 2. The molecular weight excluding hydrogens is 340 g/mol. The molecule has 4 saturated carbocycles. The summed E-state index contributed by atoms with van der Waals surface area (Å²) in [6, 6.07) is 0. The maximum absolute atomic E-state index is 12.0. The van der Waals surface area contributed by atoms with Gasteiger partial charge in [-0.1, -0.05) is 39.0 Å². The second-order valence-corrected chi connectivity index (χ2v) is 9.29. The zero-order valence-electron chi connectivity index (χ0n) is 16.9. The molecule has 4 aliphatic rings. The van der Waals surface area contributed by atoms with Gasteiger partial charge in [-0.05, 0) is 62.7 Å². The molecule has 4 rings (SSSR count). The zero-order valence-corrected chi connectivity index (χ0v) is 16.9. The average molecular weight is 377 g/mol. The maximum atomic E-state index is 12.0. The number of unbranched alkanes of at least 4 members (excludes halogenated alkanes) is 5. The Labute approximate surface area is 164 Å². The topological polar surface area (TPSA) is 52.6 Å². The molecule has 0 aliphatic heterocycles. The Morgan fingerprint density at radius 3 is 1.93 bits per heavy atom. The van der Waals surface area contributed by atoms with Gasteiger partial charge >= 0.3 is 11.9 Å². The lowest BCUT2D eigenvalue weighted by molar-refractivity contribution is -0.150. The zero-order chi connectivity index (χ0) is 19.1. The van der Waals surface area contributed by atoms with Gasteiger partial charge in [0, 0.05) is 17.6 Å². The Balaban J connectivity index is 1.29. The molecule has 0 saturated heterocycles. The highest BCUT2D eigenvalue weighted by Gasteiger charge is 2.51. The molecule has 0 amide bonds. The third kappa shape index (κ3) is 6.08. The van der Waals surface area contributed by atoms with Crippen LogP contribution in [0.25, 0.3) is 0 Å². The first-order valence-electron chi connectivity index (χ1n) is 11.1. The Hall–Kier alpha value is -1.32. The van der Waals surface area contributed by atoms with Gasteiger partial charge in [-0.15, -0.1) is 0 Å². The summed E-state index contributed by atoms with van der Waals surface area (Å²) in [5, 5.41) is 0. The number of hydrogen-bond acceptors (Lipinski definition) is 4. The Bertz CT molecular complexity index is 501. The quantitative estimate of drug-likeness (QED) is 0.282. The van der Waals surface area contributed by atoms with Crippen molar-refractivity contribution in [1.29, 1.82) is 0 Å². The first-order chi connectivity index (χ1) is 13.1. The highest BCUT2D eigenvalue weighted by atomic mass is 16.5. The van der Waals surface area contributed by atoms with Gasteiger partial charge in [-0.25, -0.2) is 9.59 Å². The number of rotatable bonds is 11. The molecule has 152 valence electrons. The van der Waals surface area contributed by atoms with Gasteiger partial charge in [0.1, 0.15) is 0 Å². The van der Waals surface area contributed by atoms with E-state index in [-0.39, 0.29) is 5.41 Å². The van der Waals surface area contributed by atoms with Crippen LogP contribution in [0, 0.1) is 23.2 Å². The summed E-state index contributed by atoms with van der Waals surface area (Å²) < 4.78 is 10.7. The van der Waals surface area contributed by atoms with Crippen LogP contribution in [0.5, 0.6) is 0 Å². The molecule has 0 unspecified atom stereocenters. The van der Waals surface area contributed by atoms with Crippen LogP contribution in [0.3, 0.4) is 0 Å². The van der Waals surface area contributed by atoms with E-state index >= 15 is 0 Å². The molecule has 0 aromatic heterocycles. The summed E-state index contributed by atoms with van der Waals surface area (Å²) >= 11 is 0. The van der Waals surface area contributed by atoms with Crippen LogP contribution in [-0.4, -0.2) is 25.2 Å². The van der Waals surface area contributed by atoms with Gasteiger partial charge < -0.3 is 9.47 Å². The Morgan fingerprint density at radius 1 is 0.815 bits per heavy atom. The predicted molar refractivity (Wildman–Crippen MR) is 105 cm³/mol. The van der Waals surface area contributed by atoms with Gasteiger partial charge in [0.05, 0.1) is 13.2 Å². The third-order valence-corrected chi connectivity index (χ3v) is 6.78. The summed E-state index contributed by atoms with van der Waals surface area (Å²) in [5.74, 6) is 1.69. The fourth-order valence-electron chi connectivity index (χ4n) is 5.98. The van der Waals surface area contributed by atoms with E-state index < -0.39 is 11.9 Å². The first kappa shape index (κ1) is 20.4. The molecule has 4 nitrogen and oxygen atoms in total. The van der Waals surface area contributed by atoms with E-state index in [0.717, 1.165) is 30.6 Å². The third-order valence-electron chi connectivity index (χ3n) is 6.78. The molecule has 4 heteroatoms. The van der Waals surface area contributed by atoms with Crippen LogP contribution >= 0.6 is 0 Å². The fraction of sp³-hybridized carbons (Fsp3) is 0.826. The monoisotopic (exact) mass is 376 g/mol. The van der Waals surface area contributed by atoms with E-state index in [4.69, 9.17) is 9.47 Å². The average Bonchev–Trinajstić information content (AvgIpc) is 2.63. The fourth-order valence-corrected chi connectivity index (χ4v) is 5.98. The molecule has 27 heavy (non-hydrogen) atoms. The van der Waals surface area contributed by atoms with Crippen LogP contribution in [0.1, 0.15) is 84.0 Å². The van der Waals surface area contributed by atoms with E-state index in [9.17, 15) is 9.59 Å². The molecule has 0 atom stereocenters. The summed E-state index contributed by atoms with van der Waals surface area (Å²) in [6.45, 7) is 3.15. The smallest absolute Gasteiger partial charge is 0.331 e. The molecule has 4 aliphatic carbocycles. The molecule has 0 heterocycles. The summed E-state index contributed by atoms with van der Waals surface area (Å²) in [7, 11) is 0. The van der Waals surface area contributed by atoms with Crippen molar-refractivity contribution >= 4 is 11.9 Å². The van der Waals surface area contributed by atoms with Gasteiger partial charge in [0.15, 0.2) is 0 Å². The van der Waals surface area contributed by atoms with E-state index in [2.05, 4.69) is 6.92 Å². The predicted octanol–water partition coefficient (Wildman–Crippen LogP) is 5.21. The van der Waals surface area contributed by atoms with Crippen LogP contribution in [0.15, 0.2) is 12.2 Å². The lowest BCUT2D eigenvalue weighted by Gasteiger charge is -2.56. The standard InChI is InChI=1S/C23H36O4/c1-2-3-4-5-6-7-10-26-21(24)8-9-22(25)27-17-23-14-18-11-19(15-23)13-20(12-18)16-23/h8-9,18-20H,2-7,10-17H2,1H3/b9-8+. The number of carbonyl (C=O) groups excluding carboxylic acids is 2. The molecule has 0 N–H and O–H groups in total. The SMILES string of the molecule is CCCCCCCCOC(=O)/C=C/C(=O)OCC12CC3CC(CC(C3)C1)C2. The Kier molecular flexibility index (Phi) is 7.37. The lowest BCUT2D eigenvalue weighted by Crippen LogP contribution is -2.48. The van der Waals surface area contributed by atoms with Crippen molar-refractivity contribution in [2.24, 2.45) is 23.2 Å². The molecule has 0 spiro atoms. The van der Waals surface area contributed by atoms with Crippen molar-refractivity contribution in [3.8, 4) is 0 Å². The van der Waals surface area contributed by atoms with Gasteiger partial charge in [-0.2, -0.15) is 0 Å². The highest BCUT2D eigenvalue weighted by molar-refractivity contribution is 5.91. The second-order valence-electron chi connectivity index (χ2n) is 9.29. The van der Waals surface area contributed by atoms with Crippen molar-refractivity contribution in [3.05, 3.63) is 12.2 Å². The largest absolute Gasteiger partial charge is 0.463 e. The summed E-state index contributed by atoms with van der Waals surface area (Å²) in [6.07, 6.45) is 17.2. The van der Waals surface area contributed by atoms with E-state index in [1.807, 2.05) is 0 Å². The lowest BCUT2D eigenvalue weighted by atomic mass is 9.50. The van der Waals surface area contributed by atoms with Crippen molar-refractivity contribution in [2.45, 2.75) is 84.0 Å². The van der Waals surface area contributed by atoms with Gasteiger partial charge in [0.2, 0.25) is 0 Å². The van der Waals surface area contributed by atoms with E-state index in [1.54, 1.807) is 0 Å². The Morgan fingerprint density at radius 2 is 1.33 bits per heavy atom. The van der Waals surface area contributed by atoms with Crippen molar-refractivity contribution < 1.29 is 19.1 Å². The van der Waals surface area contributed by atoms with Crippen LogP contribution in [0.4, 0.5) is 0 Å². The van der Waals surface area contributed by atoms with Gasteiger partial charge in [-0.3, -0.25) is 0 Å². The maximum Gasteiger partial charge on any atom is 0.331 e. The summed E-state index contributed by atoms with van der Waals surface area (Å²) in [4.78, 5) is 23.7. The molecule has 0 radical (unpaired) electrons. The molecular formula is C23H36O4. The minimum absolute atomic E-state index is 0.219. The van der Waals surface area contributed by atoms with Crippen molar-refractivity contribution in [2.75, 3.05) is 13.2 Å². The highest BCUT2D eigenvalue weighted by Crippen LogP contribution is 2.60. The number of ether oxygens (including phenoxy) is 2. The van der Waals surface area contributed by atoms with Crippen molar-refractivity contribution in [1.82, 2.24) is 0 Å². The number of hydrogen-bond donors (Lipinski definition) is 0. The molecule has 4 fully saturated rings. The number of carbonyl (C=O) groups is 2. The minimum atomic E-state index is -0.449. The molecule has 0 aromatic carbocycles. The normalized spacial score (nSPS) is 31.4. The van der Waals surface area contributed by atoms with Crippen LogP contribution < -0.4 is 0 Å². The van der Waals surface area contributed by atoms with Crippen molar-refractivity contribution in [3.63, 3.8) is 0 Å². The van der Waals surface area contributed by atoms with Crippen LogP contribution in [-0.2, 0) is 19.1 Å². The van der Waals surface area contributed by atoms with Gasteiger partial charge in [0.25, 0.3) is 0 Å². The molecule has 0 aromatic rings. The van der Waals surface area contributed by atoms with E-state index in [1.165, 1.54) is 76.4 Å².